The molecule has 2 nitrogen and oxygen atoms in total. The highest BCUT2D eigenvalue weighted by atomic mass is 32.2. The van der Waals surface area contributed by atoms with E-state index in [9.17, 15) is 4.79 Å². The van der Waals surface area contributed by atoms with Gasteiger partial charge in [0.05, 0.1) is 0 Å². The normalized spacial score (nSPS) is 10.6. The van der Waals surface area contributed by atoms with Crippen LogP contribution in [0.5, 0.6) is 0 Å². The predicted octanol–water partition coefficient (Wildman–Crippen LogP) is 3.65. The summed E-state index contributed by atoms with van der Waals surface area (Å²) in [7, 11) is 0. The molecule has 0 saturated heterocycles. The average Bonchev–Trinajstić information content (AvgIpc) is 2.37. The summed E-state index contributed by atoms with van der Waals surface area (Å²) in [6.07, 6.45) is 6.99. The highest BCUT2D eigenvalue weighted by Crippen LogP contribution is 2.03. The third kappa shape index (κ3) is 6.84. The maximum Gasteiger partial charge on any atom is 0.253 e. The van der Waals surface area contributed by atoms with Crippen LogP contribution in [0.4, 0.5) is 0 Å². The number of hydrogen-bond acceptors (Lipinski definition) is 2. The number of unbranched alkanes of at least 4 members (excludes halogenated alkanes) is 2. The lowest BCUT2D eigenvalue weighted by molar-refractivity contribution is -0.114. The third-order valence-corrected chi connectivity index (χ3v) is 3.09. The molecule has 0 fully saturated rings. The number of amides is 1. The number of rotatable bonds is 7. The molecule has 3 heteroatoms. The van der Waals surface area contributed by atoms with Crippen LogP contribution in [-0.4, -0.2) is 11.7 Å². The van der Waals surface area contributed by atoms with E-state index in [0.717, 1.165) is 17.7 Å². The van der Waals surface area contributed by atoms with Gasteiger partial charge in [0, 0.05) is 11.8 Å². The van der Waals surface area contributed by atoms with E-state index in [2.05, 4.69) is 11.6 Å². The van der Waals surface area contributed by atoms with Gasteiger partial charge in [0.1, 0.15) is 0 Å². The van der Waals surface area contributed by atoms with E-state index in [1.807, 2.05) is 36.4 Å². The summed E-state index contributed by atoms with van der Waals surface area (Å²) >= 11 is 1.49. The lowest BCUT2D eigenvalue weighted by atomic mass is 10.2. The first kappa shape index (κ1) is 13.8. The molecule has 0 aliphatic carbocycles. The van der Waals surface area contributed by atoms with Gasteiger partial charge >= 0.3 is 0 Å². The molecule has 0 atom stereocenters. The van der Waals surface area contributed by atoms with Crippen molar-refractivity contribution in [1.82, 2.24) is 4.72 Å². The van der Waals surface area contributed by atoms with Gasteiger partial charge in [-0.15, -0.1) is 0 Å². The molecule has 0 spiro atoms. The van der Waals surface area contributed by atoms with E-state index in [0.29, 0.717) is 0 Å². The van der Waals surface area contributed by atoms with E-state index in [-0.39, 0.29) is 5.91 Å². The summed E-state index contributed by atoms with van der Waals surface area (Å²) < 4.78 is 2.80. The highest BCUT2D eigenvalue weighted by Gasteiger charge is 1.94. The van der Waals surface area contributed by atoms with Crippen molar-refractivity contribution in [2.75, 3.05) is 5.75 Å². The van der Waals surface area contributed by atoms with Gasteiger partial charge in [-0.2, -0.15) is 0 Å². The number of carbonyl (C=O) groups excluding carboxylic acids is 1. The SMILES string of the molecule is CCCCCSNC(=O)C=Cc1ccccc1. The molecule has 1 rings (SSSR count). The van der Waals surface area contributed by atoms with E-state index in [1.165, 1.54) is 24.8 Å². The van der Waals surface area contributed by atoms with Gasteiger partial charge < -0.3 is 0 Å². The second-order valence-electron chi connectivity index (χ2n) is 3.77. The molecular weight excluding hydrogens is 230 g/mol. The molecule has 0 heterocycles. The third-order valence-electron chi connectivity index (χ3n) is 2.25. The molecule has 1 aromatic carbocycles. The minimum atomic E-state index is -0.0460. The minimum Gasteiger partial charge on any atom is -0.297 e. The van der Waals surface area contributed by atoms with Crippen LogP contribution in [0.15, 0.2) is 36.4 Å². The molecule has 1 aromatic rings. The molecule has 0 radical (unpaired) electrons. The first-order chi connectivity index (χ1) is 8.33. The van der Waals surface area contributed by atoms with Crippen molar-refractivity contribution >= 4 is 23.9 Å². The smallest absolute Gasteiger partial charge is 0.253 e. The number of hydrogen-bond donors (Lipinski definition) is 1. The molecular formula is C14H19NOS. The zero-order valence-corrected chi connectivity index (χ0v) is 11.0. The molecule has 1 N–H and O–H groups in total. The van der Waals surface area contributed by atoms with Crippen LogP contribution >= 0.6 is 11.9 Å². The molecule has 0 aromatic heterocycles. The Balaban J connectivity index is 2.19. The van der Waals surface area contributed by atoms with Crippen LogP contribution in [-0.2, 0) is 4.79 Å². The van der Waals surface area contributed by atoms with Crippen molar-refractivity contribution in [1.29, 1.82) is 0 Å². The Morgan fingerprint density at radius 2 is 2.06 bits per heavy atom. The van der Waals surface area contributed by atoms with Gasteiger partial charge in [-0.3, -0.25) is 9.52 Å². The molecule has 0 unspecified atom stereocenters. The van der Waals surface area contributed by atoms with Crippen molar-refractivity contribution in [3.8, 4) is 0 Å². The molecule has 0 aliphatic rings. The number of nitrogens with one attached hydrogen (secondary N) is 1. The lowest BCUT2D eigenvalue weighted by Gasteiger charge is -2.00. The van der Waals surface area contributed by atoms with Crippen LogP contribution in [0, 0.1) is 0 Å². The van der Waals surface area contributed by atoms with E-state index in [1.54, 1.807) is 6.08 Å². The van der Waals surface area contributed by atoms with Gasteiger partial charge in [-0.1, -0.05) is 62.0 Å². The van der Waals surface area contributed by atoms with E-state index < -0.39 is 0 Å². The monoisotopic (exact) mass is 249 g/mol. The first-order valence-electron chi connectivity index (χ1n) is 5.98. The summed E-state index contributed by atoms with van der Waals surface area (Å²) in [4.78, 5) is 11.4. The maximum atomic E-state index is 11.4. The Hall–Kier alpha value is -1.22. The van der Waals surface area contributed by atoms with Crippen LogP contribution in [0.2, 0.25) is 0 Å². The summed E-state index contributed by atoms with van der Waals surface area (Å²) in [5, 5.41) is 0. The maximum absolute atomic E-state index is 11.4. The Labute approximate surface area is 108 Å². The van der Waals surface area contributed by atoms with Crippen molar-refractivity contribution in [3.05, 3.63) is 42.0 Å². The quantitative estimate of drug-likeness (QED) is 0.454. The molecule has 0 saturated carbocycles. The van der Waals surface area contributed by atoms with Crippen molar-refractivity contribution in [2.45, 2.75) is 26.2 Å². The fourth-order valence-corrected chi connectivity index (χ4v) is 1.98. The predicted molar refractivity (Wildman–Crippen MR) is 75.6 cm³/mol. The topological polar surface area (TPSA) is 29.1 Å². The zero-order valence-electron chi connectivity index (χ0n) is 10.2. The molecule has 0 bridgehead atoms. The summed E-state index contributed by atoms with van der Waals surface area (Å²) in [6, 6.07) is 9.81. The largest absolute Gasteiger partial charge is 0.297 e. The highest BCUT2D eigenvalue weighted by molar-refractivity contribution is 7.97. The van der Waals surface area contributed by atoms with Crippen LogP contribution < -0.4 is 4.72 Å². The molecule has 1 amide bonds. The Morgan fingerprint density at radius 3 is 2.76 bits per heavy atom. The van der Waals surface area contributed by atoms with Gasteiger partial charge in [-0.05, 0) is 18.1 Å². The number of benzene rings is 1. The van der Waals surface area contributed by atoms with Crippen molar-refractivity contribution in [2.24, 2.45) is 0 Å². The van der Waals surface area contributed by atoms with E-state index >= 15 is 0 Å². The molecule has 0 aliphatic heterocycles. The lowest BCUT2D eigenvalue weighted by Crippen LogP contribution is -2.12. The van der Waals surface area contributed by atoms with Crippen molar-refractivity contribution < 1.29 is 4.79 Å². The second-order valence-corrected chi connectivity index (χ2v) is 4.67. The van der Waals surface area contributed by atoms with Crippen LogP contribution in [0.1, 0.15) is 31.7 Å². The first-order valence-corrected chi connectivity index (χ1v) is 6.96. The molecule has 92 valence electrons. The van der Waals surface area contributed by atoms with Gasteiger partial charge in [0.2, 0.25) is 0 Å². The Morgan fingerprint density at radius 1 is 1.29 bits per heavy atom. The summed E-state index contributed by atoms with van der Waals surface area (Å²) in [5.74, 6) is 0.939. The fraction of sp³-hybridized carbons (Fsp3) is 0.357. The summed E-state index contributed by atoms with van der Waals surface area (Å²) in [6.45, 7) is 2.17. The summed E-state index contributed by atoms with van der Waals surface area (Å²) in [5.41, 5.74) is 1.04. The van der Waals surface area contributed by atoms with Gasteiger partial charge in [-0.25, -0.2) is 0 Å². The van der Waals surface area contributed by atoms with Crippen molar-refractivity contribution in [3.63, 3.8) is 0 Å². The van der Waals surface area contributed by atoms with Gasteiger partial charge in [0.15, 0.2) is 0 Å². The van der Waals surface area contributed by atoms with Gasteiger partial charge in [0.25, 0.3) is 5.91 Å². The Bertz CT molecular complexity index is 348. The Kier molecular flexibility index (Phi) is 7.23. The number of carbonyl (C=O) groups is 1. The standard InChI is InChI=1S/C14H19NOS/c1-2-3-7-12-17-15-14(16)11-10-13-8-5-4-6-9-13/h4-6,8-11H,2-3,7,12H2,1H3,(H,15,16). The second kappa shape index (κ2) is 8.88. The van der Waals surface area contributed by atoms with Crippen LogP contribution in [0.25, 0.3) is 6.08 Å². The minimum absolute atomic E-state index is 0.0460. The van der Waals surface area contributed by atoms with E-state index in [4.69, 9.17) is 0 Å². The molecule has 17 heavy (non-hydrogen) atoms. The average molecular weight is 249 g/mol. The fourth-order valence-electron chi connectivity index (χ4n) is 1.32. The zero-order chi connectivity index (χ0) is 12.3. The van der Waals surface area contributed by atoms with Crippen LogP contribution in [0.3, 0.4) is 0 Å².